The van der Waals surface area contributed by atoms with E-state index in [0.717, 1.165) is 10.0 Å². The maximum Gasteiger partial charge on any atom is 0.341 e. The van der Waals surface area contributed by atoms with Gasteiger partial charge in [-0.2, -0.15) is 0 Å². The highest BCUT2D eigenvalue weighted by molar-refractivity contribution is 9.10. The fraction of sp³-hybridized carbons (Fsp3) is 0.154. The van der Waals surface area contributed by atoms with Gasteiger partial charge in [0.15, 0.2) is 0 Å². The van der Waals surface area contributed by atoms with E-state index < -0.39 is 5.97 Å². The molecule has 1 aromatic heterocycles. The third kappa shape index (κ3) is 3.11. The molecule has 0 atom stereocenters. The van der Waals surface area contributed by atoms with Crippen LogP contribution in [0.4, 0.5) is 5.82 Å². The maximum atomic E-state index is 11.7. The summed E-state index contributed by atoms with van der Waals surface area (Å²) in [5, 5.41) is 0.593. The van der Waals surface area contributed by atoms with E-state index in [-0.39, 0.29) is 5.82 Å². The van der Waals surface area contributed by atoms with Crippen molar-refractivity contribution in [3.05, 3.63) is 39.3 Å². The van der Waals surface area contributed by atoms with Gasteiger partial charge < -0.3 is 15.5 Å². The second-order valence-corrected chi connectivity index (χ2v) is 5.24. The van der Waals surface area contributed by atoms with Crippen molar-refractivity contribution in [2.24, 2.45) is 0 Å². The Morgan fingerprint density at radius 1 is 1.42 bits per heavy atom. The van der Waals surface area contributed by atoms with Crippen LogP contribution in [-0.2, 0) is 4.74 Å². The molecule has 0 spiro atoms. The quantitative estimate of drug-likeness (QED) is 0.832. The highest BCUT2D eigenvalue weighted by Crippen LogP contribution is 2.29. The highest BCUT2D eigenvalue weighted by atomic mass is 79.9. The van der Waals surface area contributed by atoms with E-state index in [4.69, 9.17) is 22.1 Å². The Bertz CT molecular complexity index is 605. The zero-order valence-corrected chi connectivity index (χ0v) is 12.5. The van der Waals surface area contributed by atoms with Gasteiger partial charge in [-0.25, -0.2) is 4.79 Å². The van der Waals surface area contributed by atoms with E-state index in [0.29, 0.717) is 22.9 Å². The Labute approximate surface area is 124 Å². The smallest absolute Gasteiger partial charge is 0.341 e. The first-order valence-corrected chi connectivity index (χ1v) is 6.80. The number of benzene rings is 1. The molecule has 2 rings (SSSR count). The van der Waals surface area contributed by atoms with Gasteiger partial charge in [0, 0.05) is 20.8 Å². The van der Waals surface area contributed by atoms with Crippen LogP contribution < -0.4 is 5.73 Å². The van der Waals surface area contributed by atoms with Gasteiger partial charge in [-0.05, 0) is 31.2 Å². The van der Waals surface area contributed by atoms with Crippen molar-refractivity contribution >= 4 is 39.3 Å². The van der Waals surface area contributed by atoms with Crippen LogP contribution in [0.5, 0.6) is 0 Å². The van der Waals surface area contributed by atoms with Gasteiger partial charge in [0.05, 0.1) is 6.61 Å². The van der Waals surface area contributed by atoms with Crippen LogP contribution in [0, 0.1) is 0 Å². The summed E-state index contributed by atoms with van der Waals surface area (Å²) in [5.41, 5.74) is 7.66. The number of halogens is 2. The van der Waals surface area contributed by atoms with E-state index >= 15 is 0 Å². The number of nitrogens with two attached hydrogens (primary N) is 1. The number of nitrogens with one attached hydrogen (secondary N) is 1. The zero-order valence-electron chi connectivity index (χ0n) is 10.2. The van der Waals surface area contributed by atoms with Crippen LogP contribution in [0.3, 0.4) is 0 Å². The summed E-state index contributed by atoms with van der Waals surface area (Å²) in [4.78, 5) is 14.6. The van der Waals surface area contributed by atoms with E-state index in [1.54, 1.807) is 25.1 Å². The molecule has 2 aromatic rings. The number of carbonyl (C=O) groups excluding carboxylic acids is 1. The summed E-state index contributed by atoms with van der Waals surface area (Å²) in [6.45, 7) is 2.05. The minimum Gasteiger partial charge on any atom is -0.462 e. The molecule has 0 radical (unpaired) electrons. The normalized spacial score (nSPS) is 10.5. The average Bonchev–Trinajstić information content (AvgIpc) is 2.70. The lowest BCUT2D eigenvalue weighted by Crippen LogP contribution is -2.05. The van der Waals surface area contributed by atoms with E-state index in [9.17, 15) is 4.79 Å². The van der Waals surface area contributed by atoms with Crippen LogP contribution in [0.15, 0.2) is 28.7 Å². The average molecular weight is 344 g/mol. The predicted molar refractivity (Wildman–Crippen MR) is 79.3 cm³/mol. The second kappa shape index (κ2) is 5.67. The summed E-state index contributed by atoms with van der Waals surface area (Å²) in [5.74, 6) is -0.159. The van der Waals surface area contributed by atoms with Crippen molar-refractivity contribution in [1.82, 2.24) is 4.98 Å². The monoisotopic (exact) mass is 342 g/mol. The van der Waals surface area contributed by atoms with Gasteiger partial charge in [0.25, 0.3) is 0 Å². The van der Waals surface area contributed by atoms with Crippen LogP contribution in [-0.4, -0.2) is 17.6 Å². The third-order valence-corrected chi connectivity index (χ3v) is 3.19. The zero-order chi connectivity index (χ0) is 14.0. The van der Waals surface area contributed by atoms with Crippen molar-refractivity contribution in [3.8, 4) is 11.3 Å². The van der Waals surface area contributed by atoms with Gasteiger partial charge in [-0.15, -0.1) is 0 Å². The van der Waals surface area contributed by atoms with Crippen molar-refractivity contribution < 1.29 is 9.53 Å². The van der Waals surface area contributed by atoms with E-state index in [1.165, 1.54) is 0 Å². The van der Waals surface area contributed by atoms with Crippen molar-refractivity contribution in [2.75, 3.05) is 12.3 Å². The van der Waals surface area contributed by atoms with Crippen LogP contribution in [0.2, 0.25) is 5.02 Å². The summed E-state index contributed by atoms with van der Waals surface area (Å²) >= 11 is 9.36. The summed E-state index contributed by atoms with van der Waals surface area (Å²) in [6.07, 6.45) is 0. The number of esters is 1. The van der Waals surface area contributed by atoms with Gasteiger partial charge in [0.2, 0.25) is 0 Å². The number of hydrogen-bond acceptors (Lipinski definition) is 3. The molecule has 1 heterocycles. The van der Waals surface area contributed by atoms with Crippen molar-refractivity contribution in [2.45, 2.75) is 6.92 Å². The minimum atomic E-state index is -0.441. The Hall–Kier alpha value is -1.46. The SMILES string of the molecule is CCOC(=O)c1cc(-c2cc(Cl)cc(Br)c2)[nH]c1N. The van der Waals surface area contributed by atoms with Crippen molar-refractivity contribution in [3.63, 3.8) is 0 Å². The number of nitrogen functional groups attached to an aromatic ring is 1. The molecule has 3 N–H and O–H groups in total. The van der Waals surface area contributed by atoms with Gasteiger partial charge in [-0.3, -0.25) is 0 Å². The van der Waals surface area contributed by atoms with E-state index in [2.05, 4.69) is 20.9 Å². The second-order valence-electron chi connectivity index (χ2n) is 3.89. The fourth-order valence-corrected chi connectivity index (χ4v) is 2.57. The fourth-order valence-electron chi connectivity index (χ4n) is 1.71. The number of carbonyl (C=O) groups is 1. The number of anilines is 1. The first kappa shape index (κ1) is 14.0. The summed E-state index contributed by atoms with van der Waals surface area (Å²) < 4.78 is 5.78. The first-order chi connectivity index (χ1) is 9.01. The molecule has 0 aliphatic heterocycles. The minimum absolute atomic E-state index is 0.282. The summed E-state index contributed by atoms with van der Waals surface area (Å²) in [6, 6.07) is 7.10. The molecule has 19 heavy (non-hydrogen) atoms. The van der Waals surface area contributed by atoms with Gasteiger partial charge in [0.1, 0.15) is 11.4 Å². The molecule has 0 saturated carbocycles. The lowest BCUT2D eigenvalue weighted by Gasteiger charge is -2.00. The predicted octanol–water partition coefficient (Wildman–Crippen LogP) is 3.86. The van der Waals surface area contributed by atoms with Crippen LogP contribution in [0.1, 0.15) is 17.3 Å². The van der Waals surface area contributed by atoms with E-state index in [1.807, 2.05) is 6.07 Å². The largest absolute Gasteiger partial charge is 0.462 e. The van der Waals surface area contributed by atoms with Crippen molar-refractivity contribution in [1.29, 1.82) is 0 Å². The molecule has 0 amide bonds. The number of hydrogen-bond donors (Lipinski definition) is 2. The first-order valence-electron chi connectivity index (χ1n) is 5.63. The molecule has 6 heteroatoms. The molecule has 4 nitrogen and oxygen atoms in total. The van der Waals surface area contributed by atoms with Gasteiger partial charge >= 0.3 is 5.97 Å². The van der Waals surface area contributed by atoms with Crippen LogP contribution >= 0.6 is 27.5 Å². The number of rotatable bonds is 3. The molecule has 0 aliphatic rings. The molecule has 0 bridgehead atoms. The maximum absolute atomic E-state index is 11.7. The Morgan fingerprint density at radius 3 is 2.79 bits per heavy atom. The number of aromatic nitrogens is 1. The lowest BCUT2D eigenvalue weighted by atomic mass is 10.1. The number of H-pyrrole nitrogens is 1. The Balaban J connectivity index is 2.41. The molecular weight excluding hydrogens is 332 g/mol. The third-order valence-electron chi connectivity index (χ3n) is 2.52. The molecule has 0 fully saturated rings. The highest BCUT2D eigenvalue weighted by Gasteiger charge is 2.15. The van der Waals surface area contributed by atoms with Crippen LogP contribution in [0.25, 0.3) is 11.3 Å². The van der Waals surface area contributed by atoms with Gasteiger partial charge in [-0.1, -0.05) is 27.5 Å². The topological polar surface area (TPSA) is 68.1 Å². The molecule has 1 aromatic carbocycles. The Kier molecular flexibility index (Phi) is 4.17. The number of aromatic amines is 1. The number of ether oxygens (including phenoxy) is 1. The molecule has 0 saturated heterocycles. The molecular formula is C13H12BrClN2O2. The summed E-state index contributed by atoms with van der Waals surface area (Å²) in [7, 11) is 0. The molecule has 0 unspecified atom stereocenters. The molecule has 0 aliphatic carbocycles. The molecule has 100 valence electrons. The lowest BCUT2D eigenvalue weighted by molar-refractivity contribution is 0.0528. The Morgan fingerprint density at radius 2 is 2.16 bits per heavy atom. The standard InChI is InChI=1S/C13H12BrClN2O2/c1-2-19-13(18)10-6-11(17-12(10)16)7-3-8(14)5-9(15)4-7/h3-6,17H,2,16H2,1H3.